The Morgan fingerprint density at radius 3 is 1.89 bits per heavy atom. The molecule has 0 heterocycles. The molecule has 18 heavy (non-hydrogen) atoms. The van der Waals surface area contributed by atoms with Gasteiger partial charge < -0.3 is 10.1 Å². The molecule has 0 aromatic rings. The van der Waals surface area contributed by atoms with Gasteiger partial charge in [-0.1, -0.05) is 41.5 Å². The Morgan fingerprint density at radius 2 is 1.50 bits per heavy atom. The lowest BCUT2D eigenvalue weighted by atomic mass is 9.78. The van der Waals surface area contributed by atoms with Gasteiger partial charge in [-0.2, -0.15) is 0 Å². The molecular formula is C16H37NO. The Morgan fingerprint density at radius 1 is 1.00 bits per heavy atom. The van der Waals surface area contributed by atoms with Gasteiger partial charge in [0, 0.05) is 6.61 Å². The van der Waals surface area contributed by atoms with Crippen molar-refractivity contribution in [3.8, 4) is 0 Å². The second kappa shape index (κ2) is 9.80. The molecule has 0 saturated heterocycles. The van der Waals surface area contributed by atoms with Crippen molar-refractivity contribution in [2.45, 2.75) is 73.8 Å². The Hall–Kier alpha value is -0.0800. The van der Waals surface area contributed by atoms with Crippen molar-refractivity contribution in [2.75, 3.05) is 20.2 Å². The zero-order chi connectivity index (χ0) is 14.8. The Kier molecular flexibility index (Phi) is 11.0. The van der Waals surface area contributed by atoms with Crippen LogP contribution >= 0.6 is 0 Å². The molecule has 0 unspecified atom stereocenters. The number of hydrogen-bond acceptors (Lipinski definition) is 2. The molecule has 0 bridgehead atoms. The van der Waals surface area contributed by atoms with E-state index in [9.17, 15) is 0 Å². The summed E-state index contributed by atoms with van der Waals surface area (Å²) in [5, 5.41) is 3.17. The summed E-state index contributed by atoms with van der Waals surface area (Å²) in [5.74, 6) is 0.705. The Balaban J connectivity index is 0. The first-order chi connectivity index (χ1) is 8.21. The van der Waals surface area contributed by atoms with E-state index in [4.69, 9.17) is 4.74 Å². The van der Waals surface area contributed by atoms with E-state index in [1.165, 1.54) is 0 Å². The van der Waals surface area contributed by atoms with Crippen molar-refractivity contribution in [2.24, 2.45) is 11.3 Å². The van der Waals surface area contributed by atoms with Crippen LogP contribution in [0.4, 0.5) is 0 Å². The first-order valence-electron chi connectivity index (χ1n) is 7.50. The predicted octanol–water partition coefficient (Wildman–Crippen LogP) is 4.49. The van der Waals surface area contributed by atoms with Crippen LogP contribution in [0.1, 0.15) is 68.2 Å². The maximum atomic E-state index is 5.98. The monoisotopic (exact) mass is 259 g/mol. The van der Waals surface area contributed by atoms with E-state index in [-0.39, 0.29) is 5.60 Å². The Labute approximate surface area is 116 Å². The van der Waals surface area contributed by atoms with Crippen LogP contribution in [0.3, 0.4) is 0 Å². The molecule has 112 valence electrons. The highest BCUT2D eigenvalue weighted by atomic mass is 16.5. The van der Waals surface area contributed by atoms with Gasteiger partial charge in [0.1, 0.15) is 0 Å². The molecule has 1 N–H and O–H groups in total. The molecule has 0 aromatic heterocycles. The van der Waals surface area contributed by atoms with Gasteiger partial charge in [0.05, 0.1) is 5.60 Å². The van der Waals surface area contributed by atoms with Crippen LogP contribution in [-0.2, 0) is 4.74 Å². The van der Waals surface area contributed by atoms with Crippen molar-refractivity contribution in [3.63, 3.8) is 0 Å². The Bertz CT molecular complexity index is 186. The highest BCUT2D eigenvalue weighted by Gasteiger charge is 2.24. The van der Waals surface area contributed by atoms with Crippen LogP contribution in [-0.4, -0.2) is 25.8 Å². The van der Waals surface area contributed by atoms with Gasteiger partial charge in [-0.15, -0.1) is 0 Å². The largest absolute Gasteiger partial charge is 0.376 e. The molecule has 2 heteroatoms. The summed E-state index contributed by atoms with van der Waals surface area (Å²) >= 11 is 0. The van der Waals surface area contributed by atoms with Crippen LogP contribution in [0.25, 0.3) is 0 Å². The van der Waals surface area contributed by atoms with Crippen molar-refractivity contribution in [1.82, 2.24) is 5.32 Å². The lowest BCUT2D eigenvalue weighted by Crippen LogP contribution is -2.31. The molecule has 0 aliphatic heterocycles. The SMILES string of the molecule is CC.CNCCC(C)(C)OCCC(C)(C)C(C)C. The van der Waals surface area contributed by atoms with E-state index in [0.29, 0.717) is 11.3 Å². The van der Waals surface area contributed by atoms with E-state index in [2.05, 4.69) is 46.9 Å². The van der Waals surface area contributed by atoms with E-state index in [1.807, 2.05) is 20.9 Å². The van der Waals surface area contributed by atoms with Crippen molar-refractivity contribution in [3.05, 3.63) is 0 Å². The van der Waals surface area contributed by atoms with Gasteiger partial charge in [-0.05, 0) is 51.6 Å². The standard InChI is InChI=1S/C14H31NO.C2H6/c1-12(2)13(3,4)9-11-16-14(5,6)8-10-15-7;1-2/h12,15H,8-11H2,1-7H3;1-2H3. The average molecular weight is 259 g/mol. The molecule has 0 saturated carbocycles. The first kappa shape index (κ1) is 20.2. The van der Waals surface area contributed by atoms with E-state index >= 15 is 0 Å². The number of ether oxygens (including phenoxy) is 1. The third-order valence-corrected chi connectivity index (χ3v) is 3.78. The first-order valence-corrected chi connectivity index (χ1v) is 7.50. The molecule has 0 aliphatic rings. The van der Waals surface area contributed by atoms with Crippen LogP contribution in [0.5, 0.6) is 0 Å². The third-order valence-electron chi connectivity index (χ3n) is 3.78. The quantitative estimate of drug-likeness (QED) is 0.693. The average Bonchev–Trinajstić information content (AvgIpc) is 2.28. The maximum absolute atomic E-state index is 5.98. The summed E-state index contributed by atoms with van der Waals surface area (Å²) in [6.07, 6.45) is 2.19. The van der Waals surface area contributed by atoms with Crippen molar-refractivity contribution >= 4 is 0 Å². The van der Waals surface area contributed by atoms with Crippen LogP contribution in [0.15, 0.2) is 0 Å². The zero-order valence-corrected chi connectivity index (χ0v) is 14.3. The van der Waals surface area contributed by atoms with Gasteiger partial charge in [0.2, 0.25) is 0 Å². The smallest absolute Gasteiger partial charge is 0.0638 e. The fraction of sp³-hybridized carbons (Fsp3) is 1.00. The van der Waals surface area contributed by atoms with Gasteiger partial charge in [-0.3, -0.25) is 0 Å². The fourth-order valence-corrected chi connectivity index (χ4v) is 1.38. The van der Waals surface area contributed by atoms with Crippen molar-refractivity contribution < 1.29 is 4.74 Å². The van der Waals surface area contributed by atoms with Crippen molar-refractivity contribution in [1.29, 1.82) is 0 Å². The lowest BCUT2D eigenvalue weighted by Gasteiger charge is -2.32. The third kappa shape index (κ3) is 9.90. The molecule has 0 spiro atoms. The summed E-state index contributed by atoms with van der Waals surface area (Å²) in [6.45, 7) is 19.4. The summed E-state index contributed by atoms with van der Waals surface area (Å²) in [5.41, 5.74) is 0.370. The predicted molar refractivity (Wildman–Crippen MR) is 83.2 cm³/mol. The van der Waals surface area contributed by atoms with E-state index in [0.717, 1.165) is 26.0 Å². The molecule has 2 nitrogen and oxygen atoms in total. The second-order valence-electron chi connectivity index (χ2n) is 6.35. The van der Waals surface area contributed by atoms with Crippen LogP contribution < -0.4 is 5.32 Å². The summed E-state index contributed by atoms with van der Waals surface area (Å²) in [6, 6.07) is 0. The number of hydrogen-bond donors (Lipinski definition) is 1. The zero-order valence-electron chi connectivity index (χ0n) is 14.3. The second-order valence-corrected chi connectivity index (χ2v) is 6.35. The highest BCUT2D eigenvalue weighted by Crippen LogP contribution is 2.30. The molecule has 0 aromatic carbocycles. The molecule has 0 rings (SSSR count). The molecular weight excluding hydrogens is 222 g/mol. The molecule has 0 aliphatic carbocycles. The summed E-state index contributed by atoms with van der Waals surface area (Å²) in [7, 11) is 1.98. The van der Waals surface area contributed by atoms with E-state index < -0.39 is 0 Å². The molecule has 0 fully saturated rings. The minimum atomic E-state index is -0.00390. The van der Waals surface area contributed by atoms with Crippen LogP contribution in [0.2, 0.25) is 0 Å². The van der Waals surface area contributed by atoms with E-state index in [1.54, 1.807) is 0 Å². The molecule has 0 radical (unpaired) electrons. The molecule has 0 atom stereocenters. The van der Waals surface area contributed by atoms with Gasteiger partial charge in [-0.25, -0.2) is 0 Å². The van der Waals surface area contributed by atoms with Gasteiger partial charge in [0.15, 0.2) is 0 Å². The topological polar surface area (TPSA) is 21.3 Å². The van der Waals surface area contributed by atoms with Gasteiger partial charge >= 0.3 is 0 Å². The highest BCUT2D eigenvalue weighted by molar-refractivity contribution is 4.74. The number of rotatable bonds is 8. The summed E-state index contributed by atoms with van der Waals surface area (Å²) < 4.78 is 5.98. The van der Waals surface area contributed by atoms with Gasteiger partial charge in [0.25, 0.3) is 0 Å². The lowest BCUT2D eigenvalue weighted by molar-refractivity contribution is -0.0373. The normalized spacial score (nSPS) is 12.3. The fourth-order valence-electron chi connectivity index (χ4n) is 1.38. The minimum absolute atomic E-state index is 0.00390. The number of nitrogens with one attached hydrogen (secondary N) is 1. The minimum Gasteiger partial charge on any atom is -0.376 e. The van der Waals surface area contributed by atoms with Crippen LogP contribution in [0, 0.1) is 11.3 Å². The summed E-state index contributed by atoms with van der Waals surface area (Å²) in [4.78, 5) is 0. The molecule has 0 amide bonds. The maximum Gasteiger partial charge on any atom is 0.0638 e.